The highest BCUT2D eigenvalue weighted by molar-refractivity contribution is 8.00. The lowest BCUT2D eigenvalue weighted by molar-refractivity contribution is -0.165. The topological polar surface area (TPSA) is 92.7 Å². The summed E-state index contributed by atoms with van der Waals surface area (Å²) in [5, 5.41) is 1.15. The quantitative estimate of drug-likeness (QED) is 0.447. The zero-order valence-electron chi connectivity index (χ0n) is 16.5. The van der Waals surface area contributed by atoms with Crippen molar-refractivity contribution in [2.24, 2.45) is 0 Å². The van der Waals surface area contributed by atoms with Gasteiger partial charge in [0.05, 0.1) is 22.2 Å². The van der Waals surface area contributed by atoms with Crippen LogP contribution in [0.2, 0.25) is 0 Å². The molecule has 0 unspecified atom stereocenters. The van der Waals surface area contributed by atoms with Crippen molar-refractivity contribution in [2.45, 2.75) is 17.9 Å². The van der Waals surface area contributed by atoms with Gasteiger partial charge in [-0.1, -0.05) is 41.1 Å². The minimum absolute atomic E-state index is 0.110. The van der Waals surface area contributed by atoms with E-state index in [1.807, 2.05) is 24.3 Å². The molecule has 9 heteroatoms. The summed E-state index contributed by atoms with van der Waals surface area (Å²) in [5.41, 5.74) is 1.98. The third-order valence-electron chi connectivity index (χ3n) is 5.20. The van der Waals surface area contributed by atoms with E-state index in [9.17, 15) is 14.4 Å². The van der Waals surface area contributed by atoms with Gasteiger partial charge in [-0.15, -0.1) is 0 Å². The van der Waals surface area contributed by atoms with Crippen molar-refractivity contribution < 1.29 is 19.2 Å². The summed E-state index contributed by atoms with van der Waals surface area (Å²) in [6.07, 6.45) is 2.17. The van der Waals surface area contributed by atoms with Crippen LogP contribution in [0.15, 0.2) is 53.6 Å². The zero-order valence-corrected chi connectivity index (χ0v) is 17.3. The first-order chi connectivity index (χ1) is 15.1. The number of anilines is 1. The van der Waals surface area contributed by atoms with Crippen LogP contribution in [0.1, 0.15) is 33.6 Å². The van der Waals surface area contributed by atoms with Crippen molar-refractivity contribution in [3.63, 3.8) is 0 Å². The number of hydrogen-bond donors (Lipinski definition) is 0. The summed E-state index contributed by atoms with van der Waals surface area (Å²) in [6, 6.07) is 14.0. The average molecular weight is 434 g/mol. The number of carbonyl (C=O) groups is 3. The molecule has 8 nitrogen and oxygen atoms in total. The number of imide groups is 1. The predicted molar refractivity (Wildman–Crippen MR) is 115 cm³/mol. The third-order valence-corrected chi connectivity index (χ3v) is 6.13. The minimum Gasteiger partial charge on any atom is -0.354 e. The number of rotatable bonds is 5. The molecular formula is C22H18N4O4S. The Balaban J connectivity index is 1.33. The Morgan fingerprint density at radius 1 is 0.903 bits per heavy atom. The Kier molecular flexibility index (Phi) is 5.03. The van der Waals surface area contributed by atoms with Crippen molar-refractivity contribution in [3.8, 4) is 0 Å². The molecule has 3 aromatic rings. The lowest BCUT2D eigenvalue weighted by Crippen LogP contribution is -2.33. The number of benzene rings is 2. The first-order valence-corrected chi connectivity index (χ1v) is 10.9. The lowest BCUT2D eigenvalue weighted by Gasteiger charge is -2.19. The molecule has 1 saturated heterocycles. The van der Waals surface area contributed by atoms with Crippen LogP contribution in [0.25, 0.3) is 11.0 Å². The second-order valence-corrected chi connectivity index (χ2v) is 8.20. The maximum absolute atomic E-state index is 12.5. The van der Waals surface area contributed by atoms with E-state index in [1.54, 1.807) is 12.1 Å². The second-order valence-electron chi connectivity index (χ2n) is 7.24. The maximum atomic E-state index is 12.5. The Hall–Kier alpha value is -3.46. The molecule has 1 aromatic heterocycles. The number of aromatic nitrogens is 2. The molecule has 2 aliphatic rings. The summed E-state index contributed by atoms with van der Waals surface area (Å²) >= 11 is 1.19. The van der Waals surface area contributed by atoms with Crippen LogP contribution < -0.4 is 4.90 Å². The Labute approximate surface area is 182 Å². The SMILES string of the molecule is O=C(CSc1nc2ccccc2nc1N1CCCC1)ON1C(=O)c2ccccc2C1=O. The summed E-state index contributed by atoms with van der Waals surface area (Å²) in [6.45, 7) is 1.78. The number of hydrogen-bond acceptors (Lipinski definition) is 8. The second kappa shape index (κ2) is 7.99. The van der Waals surface area contributed by atoms with Gasteiger partial charge in [0.25, 0.3) is 11.8 Å². The molecule has 156 valence electrons. The van der Waals surface area contributed by atoms with Crippen LogP contribution in [0.4, 0.5) is 5.82 Å². The number of hydroxylamine groups is 2. The van der Waals surface area contributed by atoms with Crippen LogP contribution in [-0.4, -0.2) is 51.7 Å². The minimum atomic E-state index is -0.707. The van der Waals surface area contributed by atoms with Crippen LogP contribution in [0, 0.1) is 0 Å². The number of carbonyl (C=O) groups excluding carboxylic acids is 3. The van der Waals surface area contributed by atoms with Gasteiger partial charge in [-0.3, -0.25) is 9.59 Å². The molecule has 3 heterocycles. The van der Waals surface area contributed by atoms with Gasteiger partial charge in [0.1, 0.15) is 10.8 Å². The number of thioether (sulfide) groups is 1. The standard InChI is InChI=1S/C22H18N4O4S/c27-18(30-26-21(28)14-7-1-2-8-15(14)22(26)29)13-31-20-19(25-11-5-6-12-25)23-16-9-3-4-10-17(16)24-20/h1-4,7-10H,5-6,11-13H2. The first-order valence-electron chi connectivity index (χ1n) is 9.95. The Bertz CT molecular complexity index is 1170. The molecule has 0 spiro atoms. The smallest absolute Gasteiger partial charge is 0.343 e. The number of amides is 2. The van der Waals surface area contributed by atoms with Crippen LogP contribution >= 0.6 is 11.8 Å². The Morgan fingerprint density at radius 3 is 2.13 bits per heavy atom. The molecule has 0 saturated carbocycles. The van der Waals surface area contributed by atoms with Crippen LogP contribution in [0.5, 0.6) is 0 Å². The highest BCUT2D eigenvalue weighted by atomic mass is 32.2. The predicted octanol–water partition coefficient (Wildman–Crippen LogP) is 3.08. The van der Waals surface area contributed by atoms with E-state index in [0.717, 1.165) is 42.8 Å². The van der Waals surface area contributed by atoms with Crippen molar-refractivity contribution in [1.29, 1.82) is 0 Å². The van der Waals surface area contributed by atoms with Crippen LogP contribution in [-0.2, 0) is 9.63 Å². The van der Waals surface area contributed by atoms with E-state index in [2.05, 4.69) is 9.88 Å². The maximum Gasteiger partial charge on any atom is 0.343 e. The number of para-hydroxylation sites is 2. The van der Waals surface area contributed by atoms with Crippen molar-refractivity contribution in [3.05, 3.63) is 59.7 Å². The molecule has 0 aliphatic carbocycles. The molecule has 2 amide bonds. The van der Waals surface area contributed by atoms with Crippen molar-refractivity contribution >= 4 is 46.4 Å². The van der Waals surface area contributed by atoms with Gasteiger partial charge in [0.15, 0.2) is 5.82 Å². The van der Waals surface area contributed by atoms with Crippen molar-refractivity contribution in [2.75, 3.05) is 23.7 Å². The van der Waals surface area contributed by atoms with E-state index in [1.165, 1.54) is 23.9 Å². The van der Waals surface area contributed by atoms with Gasteiger partial charge in [-0.05, 0) is 37.1 Å². The highest BCUT2D eigenvalue weighted by Gasteiger charge is 2.38. The van der Waals surface area contributed by atoms with Gasteiger partial charge < -0.3 is 9.74 Å². The van der Waals surface area contributed by atoms with Gasteiger partial charge >= 0.3 is 5.97 Å². The van der Waals surface area contributed by atoms with Crippen LogP contribution in [0.3, 0.4) is 0 Å². The largest absolute Gasteiger partial charge is 0.354 e. The van der Waals surface area contributed by atoms with Gasteiger partial charge in [-0.25, -0.2) is 14.8 Å². The summed E-state index contributed by atoms with van der Waals surface area (Å²) in [4.78, 5) is 53.9. The Morgan fingerprint density at radius 2 is 1.48 bits per heavy atom. The number of nitrogens with zero attached hydrogens (tertiary/aromatic N) is 4. The van der Waals surface area contributed by atoms with E-state index in [-0.39, 0.29) is 16.9 Å². The molecule has 31 heavy (non-hydrogen) atoms. The fourth-order valence-corrected chi connectivity index (χ4v) is 4.49. The molecule has 0 atom stereocenters. The summed E-state index contributed by atoms with van der Waals surface area (Å²) < 4.78 is 0. The summed E-state index contributed by atoms with van der Waals surface area (Å²) in [7, 11) is 0. The average Bonchev–Trinajstić information content (AvgIpc) is 3.41. The molecule has 0 radical (unpaired) electrons. The van der Waals surface area contributed by atoms with E-state index >= 15 is 0 Å². The molecule has 5 rings (SSSR count). The van der Waals surface area contributed by atoms with Crippen molar-refractivity contribution in [1.82, 2.24) is 15.0 Å². The first kappa shape index (κ1) is 19.5. The zero-order chi connectivity index (χ0) is 21.4. The third kappa shape index (κ3) is 3.61. The molecule has 2 aliphatic heterocycles. The van der Waals surface area contributed by atoms with E-state index in [0.29, 0.717) is 10.1 Å². The highest BCUT2D eigenvalue weighted by Crippen LogP contribution is 2.31. The van der Waals surface area contributed by atoms with Gasteiger partial charge in [0.2, 0.25) is 0 Å². The normalized spacial score (nSPS) is 15.6. The molecule has 2 aromatic carbocycles. The molecule has 0 bridgehead atoms. The molecule has 0 N–H and O–H groups in total. The summed E-state index contributed by atoms with van der Waals surface area (Å²) in [5.74, 6) is -1.35. The van der Waals surface area contributed by atoms with E-state index < -0.39 is 17.8 Å². The molecule has 1 fully saturated rings. The fraction of sp³-hybridized carbons (Fsp3) is 0.227. The van der Waals surface area contributed by atoms with E-state index in [4.69, 9.17) is 9.82 Å². The molecular weight excluding hydrogens is 416 g/mol. The lowest BCUT2D eigenvalue weighted by atomic mass is 10.1. The number of fused-ring (bicyclic) bond motifs is 2. The fourth-order valence-electron chi connectivity index (χ4n) is 3.71. The van der Waals surface area contributed by atoms with Gasteiger partial charge in [0, 0.05) is 13.1 Å². The van der Waals surface area contributed by atoms with Gasteiger partial charge in [-0.2, -0.15) is 0 Å². The monoisotopic (exact) mass is 434 g/mol.